The van der Waals surface area contributed by atoms with Gasteiger partial charge in [-0.15, -0.1) is 11.8 Å². The van der Waals surface area contributed by atoms with Gasteiger partial charge in [-0.1, -0.05) is 64.5 Å². The maximum absolute atomic E-state index is 12.8. The molecule has 1 saturated heterocycles. The Labute approximate surface area is 183 Å². The lowest BCUT2D eigenvalue weighted by Crippen LogP contribution is -2.34. The Balaban J connectivity index is 1.39. The van der Waals surface area contributed by atoms with Crippen LogP contribution < -0.4 is 10.1 Å². The molecule has 3 aromatic carbocycles. The van der Waals surface area contributed by atoms with Gasteiger partial charge < -0.3 is 15.0 Å². The van der Waals surface area contributed by atoms with Gasteiger partial charge in [0, 0.05) is 22.5 Å². The Morgan fingerprint density at radius 1 is 1.07 bits per heavy atom. The Kier molecular flexibility index (Phi) is 6.42. The average Bonchev–Trinajstić information content (AvgIpc) is 3.23. The molecule has 1 heterocycles. The van der Waals surface area contributed by atoms with Crippen LogP contribution in [0.4, 0.5) is 10.5 Å². The van der Waals surface area contributed by atoms with Gasteiger partial charge >= 0.3 is 6.03 Å². The highest BCUT2D eigenvalue weighted by Crippen LogP contribution is 2.38. The molecule has 0 aliphatic carbocycles. The first-order valence-electron chi connectivity index (χ1n) is 9.40. The number of nitrogens with one attached hydrogen (secondary N) is 1. The summed E-state index contributed by atoms with van der Waals surface area (Å²) < 4.78 is 6.81. The second-order valence-corrected chi connectivity index (χ2v) is 8.80. The van der Waals surface area contributed by atoms with E-state index in [1.165, 1.54) is 0 Å². The van der Waals surface area contributed by atoms with Crippen molar-refractivity contribution in [2.45, 2.75) is 12.0 Å². The van der Waals surface area contributed by atoms with Crippen LogP contribution in [-0.4, -0.2) is 23.2 Å². The van der Waals surface area contributed by atoms with E-state index in [4.69, 9.17) is 4.74 Å². The third-order valence-electron chi connectivity index (χ3n) is 4.64. The van der Waals surface area contributed by atoms with E-state index in [1.54, 1.807) is 11.8 Å². The summed E-state index contributed by atoms with van der Waals surface area (Å²) in [7, 11) is 0. The smallest absolute Gasteiger partial charge is 0.323 e. The predicted molar refractivity (Wildman–Crippen MR) is 122 cm³/mol. The lowest BCUT2D eigenvalue weighted by atomic mass is 10.2. The van der Waals surface area contributed by atoms with E-state index in [-0.39, 0.29) is 11.4 Å². The molecule has 1 aliphatic heterocycles. The lowest BCUT2D eigenvalue weighted by Gasteiger charge is -2.24. The molecule has 0 aromatic heterocycles. The highest BCUT2D eigenvalue weighted by atomic mass is 79.9. The number of hydrogen-bond donors (Lipinski definition) is 1. The van der Waals surface area contributed by atoms with Gasteiger partial charge in [0.05, 0.1) is 0 Å². The molecule has 1 N–H and O–H groups in total. The third kappa shape index (κ3) is 5.14. The molecule has 0 radical (unpaired) electrons. The molecular formula is C23H21BrN2O2S. The number of benzene rings is 3. The van der Waals surface area contributed by atoms with Gasteiger partial charge in [0.25, 0.3) is 0 Å². The number of urea groups is 1. The minimum absolute atomic E-state index is 0.00493. The van der Waals surface area contributed by atoms with Crippen LogP contribution in [0.25, 0.3) is 0 Å². The van der Waals surface area contributed by atoms with Gasteiger partial charge in [0.15, 0.2) is 0 Å². The fourth-order valence-corrected chi connectivity index (χ4v) is 4.84. The normalized spacial score (nSPS) is 15.9. The third-order valence-corrected chi connectivity index (χ3v) is 6.40. The Hall–Kier alpha value is -2.44. The van der Waals surface area contributed by atoms with Crippen LogP contribution in [0.3, 0.4) is 0 Å². The van der Waals surface area contributed by atoms with Crippen LogP contribution in [0.2, 0.25) is 0 Å². The van der Waals surface area contributed by atoms with Crippen molar-refractivity contribution in [3.05, 3.63) is 94.5 Å². The molecule has 1 fully saturated rings. The number of halogens is 1. The van der Waals surface area contributed by atoms with Crippen molar-refractivity contribution in [3.63, 3.8) is 0 Å². The summed E-state index contributed by atoms with van der Waals surface area (Å²) >= 11 is 5.21. The molecule has 29 heavy (non-hydrogen) atoms. The number of anilines is 1. The number of rotatable bonds is 5. The predicted octanol–water partition coefficient (Wildman–Crippen LogP) is 6.31. The topological polar surface area (TPSA) is 41.6 Å². The molecule has 2 amide bonds. The molecule has 0 spiro atoms. The van der Waals surface area contributed by atoms with E-state index >= 15 is 0 Å². The van der Waals surface area contributed by atoms with Crippen LogP contribution in [0.5, 0.6) is 5.75 Å². The average molecular weight is 469 g/mol. The molecule has 3 aromatic rings. The second-order valence-electron chi connectivity index (χ2n) is 6.70. The number of amides is 2. The molecule has 4 rings (SSSR count). The zero-order chi connectivity index (χ0) is 20.1. The standard InChI is InChI=1S/C23H21BrN2O2S/c24-19-7-4-8-20(15-19)25-23(27)26-13-14-29-22(26)18-9-11-21(12-10-18)28-16-17-5-2-1-3-6-17/h1-12,15,22H,13-14,16H2,(H,25,27)/t22-/m0/s1. The first-order valence-corrected chi connectivity index (χ1v) is 11.2. The van der Waals surface area contributed by atoms with Gasteiger partial charge in [0.1, 0.15) is 17.7 Å². The lowest BCUT2D eigenvalue weighted by molar-refractivity contribution is 0.214. The van der Waals surface area contributed by atoms with Crippen LogP contribution in [0.15, 0.2) is 83.3 Å². The minimum Gasteiger partial charge on any atom is -0.489 e. The molecule has 0 unspecified atom stereocenters. The number of nitrogens with zero attached hydrogens (tertiary/aromatic N) is 1. The van der Waals surface area contributed by atoms with E-state index in [2.05, 4.69) is 21.2 Å². The molecular weight excluding hydrogens is 448 g/mol. The maximum atomic E-state index is 12.8. The maximum Gasteiger partial charge on any atom is 0.323 e. The largest absolute Gasteiger partial charge is 0.489 e. The van der Waals surface area contributed by atoms with Crippen molar-refractivity contribution in [2.75, 3.05) is 17.6 Å². The van der Waals surface area contributed by atoms with Gasteiger partial charge in [-0.3, -0.25) is 0 Å². The molecule has 4 nitrogen and oxygen atoms in total. The number of hydrogen-bond acceptors (Lipinski definition) is 3. The van der Waals surface area contributed by atoms with Crippen LogP contribution in [0, 0.1) is 0 Å². The highest BCUT2D eigenvalue weighted by Gasteiger charge is 2.30. The monoisotopic (exact) mass is 468 g/mol. The first-order chi connectivity index (χ1) is 14.2. The number of thioether (sulfide) groups is 1. The van der Waals surface area contributed by atoms with Crippen molar-refractivity contribution < 1.29 is 9.53 Å². The molecule has 0 saturated carbocycles. The van der Waals surface area contributed by atoms with E-state index in [1.807, 2.05) is 83.8 Å². The Morgan fingerprint density at radius 3 is 2.62 bits per heavy atom. The van der Waals surface area contributed by atoms with E-state index < -0.39 is 0 Å². The number of carbonyl (C=O) groups is 1. The van der Waals surface area contributed by atoms with Crippen molar-refractivity contribution in [2.24, 2.45) is 0 Å². The van der Waals surface area contributed by atoms with Crippen LogP contribution in [-0.2, 0) is 6.61 Å². The molecule has 148 valence electrons. The summed E-state index contributed by atoms with van der Waals surface area (Å²) in [5, 5.41) is 3.00. The minimum atomic E-state index is -0.0810. The van der Waals surface area contributed by atoms with Gasteiger partial charge in [-0.2, -0.15) is 0 Å². The van der Waals surface area contributed by atoms with Crippen molar-refractivity contribution in [1.29, 1.82) is 0 Å². The molecule has 1 aliphatic rings. The van der Waals surface area contributed by atoms with Gasteiger partial charge in [-0.25, -0.2) is 4.79 Å². The zero-order valence-electron chi connectivity index (χ0n) is 15.8. The van der Waals surface area contributed by atoms with Crippen molar-refractivity contribution >= 4 is 39.4 Å². The summed E-state index contributed by atoms with van der Waals surface area (Å²) in [6, 6.07) is 25.7. The number of carbonyl (C=O) groups excluding carboxylic acids is 1. The summed E-state index contributed by atoms with van der Waals surface area (Å²) in [5.41, 5.74) is 3.02. The van der Waals surface area contributed by atoms with Crippen LogP contribution in [0.1, 0.15) is 16.5 Å². The van der Waals surface area contributed by atoms with Gasteiger partial charge in [0.2, 0.25) is 0 Å². The van der Waals surface area contributed by atoms with E-state index in [0.717, 1.165) is 39.3 Å². The summed E-state index contributed by atoms with van der Waals surface area (Å²) in [6.45, 7) is 1.26. The molecule has 6 heteroatoms. The Morgan fingerprint density at radius 2 is 1.86 bits per heavy atom. The van der Waals surface area contributed by atoms with E-state index in [9.17, 15) is 4.79 Å². The fraction of sp³-hybridized carbons (Fsp3) is 0.174. The van der Waals surface area contributed by atoms with E-state index in [0.29, 0.717) is 6.61 Å². The van der Waals surface area contributed by atoms with Gasteiger partial charge in [-0.05, 0) is 41.5 Å². The summed E-state index contributed by atoms with van der Waals surface area (Å²) in [5.74, 6) is 1.74. The molecule has 0 bridgehead atoms. The summed E-state index contributed by atoms with van der Waals surface area (Å²) in [6.07, 6.45) is 0. The van der Waals surface area contributed by atoms with Crippen molar-refractivity contribution in [3.8, 4) is 5.75 Å². The second kappa shape index (κ2) is 9.37. The number of ether oxygens (including phenoxy) is 1. The zero-order valence-corrected chi connectivity index (χ0v) is 18.2. The summed E-state index contributed by atoms with van der Waals surface area (Å²) in [4.78, 5) is 14.7. The van der Waals surface area contributed by atoms with Crippen molar-refractivity contribution in [1.82, 2.24) is 4.90 Å². The Bertz CT molecular complexity index is 966. The first kappa shape index (κ1) is 19.9. The quantitative estimate of drug-likeness (QED) is 0.476. The molecule has 1 atom stereocenters. The highest BCUT2D eigenvalue weighted by molar-refractivity contribution is 9.10. The van der Waals surface area contributed by atoms with Crippen LogP contribution >= 0.6 is 27.7 Å². The SMILES string of the molecule is O=C(Nc1cccc(Br)c1)N1CCS[C@H]1c1ccc(OCc2ccccc2)cc1. The fourth-order valence-electron chi connectivity index (χ4n) is 3.19.